The number of non-ortho nitro benzene ring substituents is 1. The van der Waals surface area contributed by atoms with Crippen LogP contribution in [-0.2, 0) is 9.59 Å². The summed E-state index contributed by atoms with van der Waals surface area (Å²) < 4.78 is 0. The van der Waals surface area contributed by atoms with Crippen LogP contribution in [0.1, 0.15) is 25.8 Å². The van der Waals surface area contributed by atoms with Crippen molar-refractivity contribution in [3.8, 4) is 0 Å². The fourth-order valence-corrected chi connectivity index (χ4v) is 2.68. The first kappa shape index (κ1) is 19.6. The third-order valence-corrected chi connectivity index (χ3v) is 4.48. The molecule has 1 aromatic rings. The second-order valence-corrected chi connectivity index (χ2v) is 6.30. The van der Waals surface area contributed by atoms with Gasteiger partial charge in [0.15, 0.2) is 0 Å². The highest BCUT2D eigenvalue weighted by Crippen LogP contribution is 2.22. The minimum Gasteiger partial charge on any atom is -0.335 e. The number of likely N-dealkylation sites (N-methyl/N-ethyl adjacent to an activating group) is 1. The van der Waals surface area contributed by atoms with Gasteiger partial charge in [0.05, 0.1) is 4.92 Å². The SMILES string of the molecule is CCC(=O)N/C(C(=O)N1CCN(C)CC1)=C(\C)c1ccc([N+](=O)[O-])cc1. The van der Waals surface area contributed by atoms with Crippen molar-refractivity contribution < 1.29 is 14.5 Å². The first-order chi connectivity index (χ1) is 12.3. The molecule has 0 spiro atoms. The fraction of sp³-hybridized carbons (Fsp3) is 0.444. The van der Waals surface area contributed by atoms with E-state index in [0.717, 1.165) is 13.1 Å². The summed E-state index contributed by atoms with van der Waals surface area (Å²) in [5.74, 6) is -0.473. The predicted octanol–water partition coefficient (Wildman–Crippen LogP) is 1.63. The van der Waals surface area contributed by atoms with Crippen LogP contribution >= 0.6 is 0 Å². The van der Waals surface area contributed by atoms with Crippen molar-refractivity contribution in [3.63, 3.8) is 0 Å². The van der Waals surface area contributed by atoms with Crippen LogP contribution in [0.25, 0.3) is 5.57 Å². The number of carbonyl (C=O) groups is 2. The molecule has 26 heavy (non-hydrogen) atoms. The van der Waals surface area contributed by atoms with Gasteiger partial charge in [0.25, 0.3) is 11.6 Å². The van der Waals surface area contributed by atoms with Crippen molar-refractivity contribution >= 4 is 23.1 Å². The number of piperazine rings is 1. The zero-order chi connectivity index (χ0) is 19.3. The van der Waals surface area contributed by atoms with Crippen LogP contribution < -0.4 is 5.32 Å². The van der Waals surface area contributed by atoms with E-state index in [1.807, 2.05) is 7.05 Å². The van der Waals surface area contributed by atoms with Crippen LogP contribution in [0, 0.1) is 10.1 Å². The van der Waals surface area contributed by atoms with Crippen LogP contribution in [-0.4, -0.2) is 59.8 Å². The Labute approximate surface area is 152 Å². The van der Waals surface area contributed by atoms with Gasteiger partial charge in [0.2, 0.25) is 5.91 Å². The average molecular weight is 360 g/mol. The summed E-state index contributed by atoms with van der Waals surface area (Å²) >= 11 is 0. The Hall–Kier alpha value is -2.74. The number of nitrogens with zero attached hydrogens (tertiary/aromatic N) is 3. The Morgan fingerprint density at radius 3 is 2.23 bits per heavy atom. The van der Waals surface area contributed by atoms with E-state index in [4.69, 9.17) is 0 Å². The van der Waals surface area contributed by atoms with E-state index in [0.29, 0.717) is 24.2 Å². The van der Waals surface area contributed by atoms with E-state index in [1.165, 1.54) is 12.1 Å². The monoisotopic (exact) mass is 360 g/mol. The molecule has 1 aliphatic rings. The summed E-state index contributed by atoms with van der Waals surface area (Å²) in [6.45, 7) is 6.19. The summed E-state index contributed by atoms with van der Waals surface area (Å²) in [5.41, 5.74) is 1.46. The van der Waals surface area contributed by atoms with E-state index in [1.54, 1.807) is 30.9 Å². The smallest absolute Gasteiger partial charge is 0.270 e. The lowest BCUT2D eigenvalue weighted by atomic mass is 10.0. The Kier molecular flexibility index (Phi) is 6.46. The molecule has 1 N–H and O–H groups in total. The van der Waals surface area contributed by atoms with Crippen LogP contribution in [0.5, 0.6) is 0 Å². The third-order valence-electron chi connectivity index (χ3n) is 4.48. The molecule has 0 bridgehead atoms. The molecule has 0 unspecified atom stereocenters. The van der Waals surface area contributed by atoms with Crippen LogP contribution in [0.3, 0.4) is 0 Å². The lowest BCUT2D eigenvalue weighted by Gasteiger charge is -2.33. The number of rotatable bonds is 5. The van der Waals surface area contributed by atoms with Crippen LogP contribution in [0.15, 0.2) is 30.0 Å². The maximum absolute atomic E-state index is 13.0. The number of nitrogens with one attached hydrogen (secondary N) is 1. The van der Waals surface area contributed by atoms with Gasteiger partial charge in [-0.05, 0) is 37.2 Å². The summed E-state index contributed by atoms with van der Waals surface area (Å²) in [7, 11) is 2.00. The number of benzene rings is 1. The van der Waals surface area contributed by atoms with Gasteiger partial charge >= 0.3 is 0 Å². The maximum atomic E-state index is 13.0. The molecule has 8 heteroatoms. The van der Waals surface area contributed by atoms with Crippen molar-refractivity contribution in [1.82, 2.24) is 15.1 Å². The number of hydrogen-bond acceptors (Lipinski definition) is 5. The average Bonchev–Trinajstić information content (AvgIpc) is 2.65. The van der Waals surface area contributed by atoms with E-state index in [9.17, 15) is 19.7 Å². The highest BCUT2D eigenvalue weighted by molar-refractivity contribution is 6.03. The van der Waals surface area contributed by atoms with Gasteiger partial charge in [-0.15, -0.1) is 0 Å². The second-order valence-electron chi connectivity index (χ2n) is 6.30. The van der Waals surface area contributed by atoms with Crippen molar-refractivity contribution in [1.29, 1.82) is 0 Å². The Balaban J connectivity index is 2.34. The molecule has 0 aliphatic carbocycles. The van der Waals surface area contributed by atoms with Crippen molar-refractivity contribution in [2.75, 3.05) is 33.2 Å². The molecule has 2 rings (SSSR count). The largest absolute Gasteiger partial charge is 0.335 e. The molecule has 0 saturated carbocycles. The van der Waals surface area contributed by atoms with Gasteiger partial charge in [-0.3, -0.25) is 19.7 Å². The molecule has 8 nitrogen and oxygen atoms in total. The van der Waals surface area contributed by atoms with E-state index >= 15 is 0 Å². The number of nitro groups is 1. The highest BCUT2D eigenvalue weighted by atomic mass is 16.6. The number of hydrogen-bond donors (Lipinski definition) is 1. The molecule has 0 aromatic heterocycles. The number of allylic oxidation sites excluding steroid dienone is 1. The molecular formula is C18H24N4O4. The minimum atomic E-state index is -0.474. The predicted molar refractivity (Wildman–Crippen MR) is 98.2 cm³/mol. The van der Waals surface area contributed by atoms with Gasteiger partial charge in [0, 0.05) is 44.7 Å². The van der Waals surface area contributed by atoms with Crippen LogP contribution in [0.2, 0.25) is 0 Å². The fourth-order valence-electron chi connectivity index (χ4n) is 2.68. The molecule has 1 aromatic carbocycles. The number of amides is 2. The zero-order valence-electron chi connectivity index (χ0n) is 15.3. The third kappa shape index (κ3) is 4.66. The van der Waals surface area contributed by atoms with Crippen molar-refractivity contribution in [3.05, 3.63) is 45.6 Å². The normalized spacial score (nSPS) is 16.0. The molecule has 140 valence electrons. The van der Waals surface area contributed by atoms with Gasteiger partial charge in [-0.25, -0.2) is 0 Å². The zero-order valence-corrected chi connectivity index (χ0v) is 15.3. The maximum Gasteiger partial charge on any atom is 0.270 e. The van der Waals surface area contributed by atoms with Gasteiger partial charge in [0.1, 0.15) is 5.70 Å². The van der Waals surface area contributed by atoms with E-state index in [-0.39, 0.29) is 29.6 Å². The minimum absolute atomic E-state index is 0.0221. The molecule has 2 amide bonds. The summed E-state index contributed by atoms with van der Waals surface area (Å²) in [5, 5.41) is 13.5. The summed E-state index contributed by atoms with van der Waals surface area (Å²) in [6.07, 6.45) is 0.257. The van der Waals surface area contributed by atoms with E-state index in [2.05, 4.69) is 10.2 Å². The quantitative estimate of drug-likeness (QED) is 0.489. The lowest BCUT2D eigenvalue weighted by Crippen LogP contribution is -2.49. The number of carbonyl (C=O) groups excluding carboxylic acids is 2. The highest BCUT2D eigenvalue weighted by Gasteiger charge is 2.25. The molecule has 1 heterocycles. The van der Waals surface area contributed by atoms with Crippen LogP contribution in [0.4, 0.5) is 5.69 Å². The van der Waals surface area contributed by atoms with E-state index < -0.39 is 4.92 Å². The van der Waals surface area contributed by atoms with Gasteiger partial charge < -0.3 is 15.1 Å². The van der Waals surface area contributed by atoms with Crippen molar-refractivity contribution in [2.24, 2.45) is 0 Å². The van der Waals surface area contributed by atoms with Gasteiger partial charge in [-0.2, -0.15) is 0 Å². The lowest BCUT2D eigenvalue weighted by molar-refractivity contribution is -0.384. The molecular weight excluding hydrogens is 336 g/mol. The Bertz CT molecular complexity index is 719. The molecule has 1 fully saturated rings. The molecule has 0 atom stereocenters. The summed E-state index contributed by atoms with van der Waals surface area (Å²) in [6, 6.07) is 5.95. The second kappa shape index (κ2) is 8.57. The van der Waals surface area contributed by atoms with Crippen molar-refractivity contribution in [2.45, 2.75) is 20.3 Å². The topological polar surface area (TPSA) is 95.8 Å². The number of nitro benzene ring substituents is 1. The Morgan fingerprint density at radius 2 is 1.73 bits per heavy atom. The summed E-state index contributed by atoms with van der Waals surface area (Å²) in [4.78, 5) is 39.1. The van der Waals surface area contributed by atoms with Gasteiger partial charge in [-0.1, -0.05) is 6.92 Å². The molecule has 0 radical (unpaired) electrons. The first-order valence-electron chi connectivity index (χ1n) is 8.56. The molecule has 1 aliphatic heterocycles. The first-order valence-corrected chi connectivity index (χ1v) is 8.56. The Morgan fingerprint density at radius 1 is 1.15 bits per heavy atom. The standard InChI is InChI=1S/C18H24N4O4/c1-4-16(23)19-17(18(24)21-11-9-20(3)10-12-21)13(2)14-5-7-15(8-6-14)22(25)26/h5-8H,4,9-12H2,1-3H3,(H,19,23)/b17-13+. The molecule has 1 saturated heterocycles.